The summed E-state index contributed by atoms with van der Waals surface area (Å²) < 4.78 is 0. The van der Waals surface area contributed by atoms with Gasteiger partial charge in [0.05, 0.1) is 6.42 Å². The Bertz CT molecular complexity index is 689. The summed E-state index contributed by atoms with van der Waals surface area (Å²) in [4.78, 5) is 14.8. The van der Waals surface area contributed by atoms with E-state index in [4.69, 9.17) is 11.6 Å². The first-order valence-electron chi connectivity index (χ1n) is 9.00. The van der Waals surface area contributed by atoms with Gasteiger partial charge in [0.1, 0.15) is 0 Å². The van der Waals surface area contributed by atoms with E-state index >= 15 is 0 Å². The van der Waals surface area contributed by atoms with Crippen molar-refractivity contribution >= 4 is 17.5 Å². The molecule has 3 rings (SSSR count). The molecule has 1 aliphatic heterocycles. The normalized spacial score (nSPS) is 18.0. The van der Waals surface area contributed by atoms with Gasteiger partial charge in [0, 0.05) is 24.2 Å². The molecule has 0 radical (unpaired) electrons. The zero-order valence-corrected chi connectivity index (χ0v) is 15.2. The van der Waals surface area contributed by atoms with Crippen molar-refractivity contribution in [1.29, 1.82) is 0 Å². The standard InChI is InChI=1S/C21H25ClN2O/c22-19-10-6-9-18(13-19)14-21(25)23-15-20-11-4-5-12-24(20)16-17-7-2-1-3-8-17/h1-3,6-10,13,20H,4-5,11-12,14-16H2,(H,23,25). The van der Waals surface area contributed by atoms with E-state index in [9.17, 15) is 4.79 Å². The zero-order valence-electron chi connectivity index (χ0n) is 14.5. The Morgan fingerprint density at radius 3 is 2.68 bits per heavy atom. The third-order valence-electron chi connectivity index (χ3n) is 4.77. The molecule has 1 aliphatic rings. The van der Waals surface area contributed by atoms with Crippen LogP contribution in [0.1, 0.15) is 30.4 Å². The Labute approximate surface area is 155 Å². The predicted octanol–water partition coefficient (Wildman–Crippen LogP) is 4.05. The molecule has 0 spiro atoms. The minimum Gasteiger partial charge on any atom is -0.354 e. The number of hydrogen-bond donors (Lipinski definition) is 1. The summed E-state index contributed by atoms with van der Waals surface area (Å²) >= 11 is 5.98. The lowest BCUT2D eigenvalue weighted by Crippen LogP contribution is -2.46. The molecule has 0 aromatic heterocycles. The largest absolute Gasteiger partial charge is 0.354 e. The second kappa shape index (κ2) is 9.02. The first-order valence-corrected chi connectivity index (χ1v) is 9.37. The van der Waals surface area contributed by atoms with Crippen LogP contribution in [0.5, 0.6) is 0 Å². The van der Waals surface area contributed by atoms with Gasteiger partial charge < -0.3 is 5.32 Å². The number of benzene rings is 2. The average Bonchev–Trinajstić information content (AvgIpc) is 2.62. The molecule has 132 valence electrons. The number of carbonyl (C=O) groups is 1. The number of likely N-dealkylation sites (tertiary alicyclic amines) is 1. The van der Waals surface area contributed by atoms with Crippen molar-refractivity contribution in [1.82, 2.24) is 10.2 Å². The highest BCUT2D eigenvalue weighted by Gasteiger charge is 2.22. The molecule has 1 heterocycles. The summed E-state index contributed by atoms with van der Waals surface area (Å²) in [5.41, 5.74) is 2.29. The summed E-state index contributed by atoms with van der Waals surface area (Å²) in [7, 11) is 0. The molecule has 0 aliphatic carbocycles. The van der Waals surface area contributed by atoms with Gasteiger partial charge in [-0.05, 0) is 42.6 Å². The number of carbonyl (C=O) groups excluding carboxylic acids is 1. The topological polar surface area (TPSA) is 32.3 Å². The van der Waals surface area contributed by atoms with Crippen LogP contribution in [0.25, 0.3) is 0 Å². The van der Waals surface area contributed by atoms with E-state index in [-0.39, 0.29) is 5.91 Å². The molecular weight excluding hydrogens is 332 g/mol. The second-order valence-electron chi connectivity index (χ2n) is 6.72. The third-order valence-corrected chi connectivity index (χ3v) is 5.00. The minimum atomic E-state index is 0.0625. The summed E-state index contributed by atoms with van der Waals surface area (Å²) in [6.07, 6.45) is 4.00. The van der Waals surface area contributed by atoms with Gasteiger partial charge in [-0.25, -0.2) is 0 Å². The van der Waals surface area contributed by atoms with Crippen LogP contribution in [-0.4, -0.2) is 29.9 Å². The molecule has 1 saturated heterocycles. The van der Waals surface area contributed by atoms with E-state index in [0.29, 0.717) is 24.0 Å². The quantitative estimate of drug-likeness (QED) is 0.846. The molecule has 2 aromatic carbocycles. The maximum atomic E-state index is 12.3. The lowest BCUT2D eigenvalue weighted by molar-refractivity contribution is -0.120. The second-order valence-corrected chi connectivity index (χ2v) is 7.15. The van der Waals surface area contributed by atoms with Crippen molar-refractivity contribution in [3.05, 3.63) is 70.7 Å². The van der Waals surface area contributed by atoms with E-state index in [1.165, 1.54) is 18.4 Å². The highest BCUT2D eigenvalue weighted by molar-refractivity contribution is 6.30. The van der Waals surface area contributed by atoms with Gasteiger partial charge >= 0.3 is 0 Å². The summed E-state index contributed by atoms with van der Waals surface area (Å²) in [6, 6.07) is 18.5. The summed E-state index contributed by atoms with van der Waals surface area (Å²) in [5.74, 6) is 0.0625. The Morgan fingerprint density at radius 2 is 1.88 bits per heavy atom. The van der Waals surface area contributed by atoms with E-state index in [1.54, 1.807) is 0 Å². The molecular formula is C21H25ClN2O. The third kappa shape index (κ3) is 5.58. The van der Waals surface area contributed by atoms with Crippen molar-refractivity contribution in [3.63, 3.8) is 0 Å². The number of halogens is 1. The first-order chi connectivity index (χ1) is 12.2. The van der Waals surface area contributed by atoms with E-state index in [0.717, 1.165) is 25.1 Å². The average molecular weight is 357 g/mol. The fourth-order valence-electron chi connectivity index (χ4n) is 3.44. The number of piperidine rings is 1. The number of rotatable bonds is 6. The van der Waals surface area contributed by atoms with Crippen molar-refractivity contribution in [2.75, 3.05) is 13.1 Å². The molecule has 4 heteroatoms. The van der Waals surface area contributed by atoms with Crippen LogP contribution < -0.4 is 5.32 Å². The van der Waals surface area contributed by atoms with E-state index < -0.39 is 0 Å². The fraction of sp³-hybridized carbons (Fsp3) is 0.381. The molecule has 1 atom stereocenters. The predicted molar refractivity (Wildman–Crippen MR) is 103 cm³/mol. The molecule has 1 fully saturated rings. The van der Waals surface area contributed by atoms with Crippen molar-refractivity contribution in [2.45, 2.75) is 38.3 Å². The van der Waals surface area contributed by atoms with Gasteiger partial charge in [-0.15, -0.1) is 0 Å². The molecule has 3 nitrogen and oxygen atoms in total. The van der Waals surface area contributed by atoms with Gasteiger partial charge in [-0.2, -0.15) is 0 Å². The first kappa shape index (κ1) is 18.0. The Kier molecular flexibility index (Phi) is 6.48. The smallest absolute Gasteiger partial charge is 0.224 e. The Hall–Kier alpha value is -1.84. The van der Waals surface area contributed by atoms with Crippen molar-refractivity contribution in [2.24, 2.45) is 0 Å². The molecule has 2 aromatic rings. The molecule has 1 N–H and O–H groups in total. The summed E-state index contributed by atoms with van der Waals surface area (Å²) in [5, 5.41) is 3.79. The highest BCUT2D eigenvalue weighted by Crippen LogP contribution is 2.19. The van der Waals surface area contributed by atoms with Crippen LogP contribution in [0.3, 0.4) is 0 Å². The van der Waals surface area contributed by atoms with Crippen LogP contribution in [0.15, 0.2) is 54.6 Å². The molecule has 0 bridgehead atoms. The fourth-order valence-corrected chi connectivity index (χ4v) is 3.66. The van der Waals surface area contributed by atoms with Gasteiger partial charge in [-0.1, -0.05) is 60.5 Å². The van der Waals surface area contributed by atoms with Crippen molar-refractivity contribution < 1.29 is 4.79 Å². The van der Waals surface area contributed by atoms with Gasteiger partial charge in [0.15, 0.2) is 0 Å². The van der Waals surface area contributed by atoms with Crippen LogP contribution in [-0.2, 0) is 17.8 Å². The molecule has 1 unspecified atom stereocenters. The molecule has 0 saturated carbocycles. The van der Waals surface area contributed by atoms with Gasteiger partial charge in [0.25, 0.3) is 0 Å². The van der Waals surface area contributed by atoms with Crippen LogP contribution in [0, 0.1) is 0 Å². The van der Waals surface area contributed by atoms with Crippen LogP contribution in [0.2, 0.25) is 5.02 Å². The summed E-state index contributed by atoms with van der Waals surface area (Å²) in [6.45, 7) is 2.77. The van der Waals surface area contributed by atoms with Crippen LogP contribution in [0.4, 0.5) is 0 Å². The number of amides is 1. The highest BCUT2D eigenvalue weighted by atomic mass is 35.5. The SMILES string of the molecule is O=C(Cc1cccc(Cl)c1)NCC1CCCCN1Cc1ccccc1. The number of nitrogens with zero attached hydrogens (tertiary/aromatic N) is 1. The molecule has 25 heavy (non-hydrogen) atoms. The monoisotopic (exact) mass is 356 g/mol. The van der Waals surface area contributed by atoms with Crippen molar-refractivity contribution in [3.8, 4) is 0 Å². The van der Waals surface area contributed by atoms with E-state index in [2.05, 4.69) is 34.5 Å². The maximum absolute atomic E-state index is 12.3. The zero-order chi connectivity index (χ0) is 17.5. The minimum absolute atomic E-state index is 0.0625. The number of hydrogen-bond acceptors (Lipinski definition) is 2. The number of nitrogens with one attached hydrogen (secondary N) is 1. The Balaban J connectivity index is 1.52. The van der Waals surface area contributed by atoms with Gasteiger partial charge in [0.2, 0.25) is 5.91 Å². The van der Waals surface area contributed by atoms with E-state index in [1.807, 2.05) is 30.3 Å². The maximum Gasteiger partial charge on any atom is 0.224 e. The van der Waals surface area contributed by atoms with Gasteiger partial charge in [-0.3, -0.25) is 9.69 Å². The Morgan fingerprint density at radius 1 is 1.08 bits per heavy atom. The molecule has 1 amide bonds. The van der Waals surface area contributed by atoms with Crippen LogP contribution >= 0.6 is 11.6 Å². The lowest BCUT2D eigenvalue weighted by atomic mass is 10.0. The lowest BCUT2D eigenvalue weighted by Gasteiger charge is -2.36.